The number of hydrogen-bond acceptors (Lipinski definition) is 11. The van der Waals surface area contributed by atoms with Crippen LogP contribution >= 0.6 is 0 Å². The van der Waals surface area contributed by atoms with Crippen LogP contribution in [0.1, 0.15) is 32.7 Å². The van der Waals surface area contributed by atoms with E-state index in [2.05, 4.69) is 0 Å². The van der Waals surface area contributed by atoms with Crippen LogP contribution in [0.15, 0.2) is 12.1 Å². The van der Waals surface area contributed by atoms with Gasteiger partial charge in [-0.3, -0.25) is 38.5 Å². The topological polar surface area (TPSA) is 202 Å². The van der Waals surface area contributed by atoms with Crippen LogP contribution in [-0.2, 0) is 35.1 Å². The number of amides is 2. The van der Waals surface area contributed by atoms with Crippen molar-refractivity contribution in [2.24, 2.45) is 29.4 Å². The summed E-state index contributed by atoms with van der Waals surface area (Å²) in [5, 5.41) is 22.2. The summed E-state index contributed by atoms with van der Waals surface area (Å²) in [5.41, 5.74) is 2.11. The van der Waals surface area contributed by atoms with Gasteiger partial charge in [-0.15, -0.1) is 0 Å². The van der Waals surface area contributed by atoms with Gasteiger partial charge in [-0.2, -0.15) is 0 Å². The van der Waals surface area contributed by atoms with E-state index < -0.39 is 81.8 Å². The maximum Gasteiger partial charge on any atom is 0.295 e. The fraction of sp³-hybridized carbons (Fsp3) is 0.519. The molecule has 0 radical (unpaired) electrons. The minimum absolute atomic E-state index is 0.0842. The molecule has 3 unspecified atom stereocenters. The fourth-order valence-electron chi connectivity index (χ4n) is 6.84. The maximum atomic E-state index is 13.8. The molecule has 1 heterocycles. The van der Waals surface area contributed by atoms with Gasteiger partial charge >= 0.3 is 0 Å². The summed E-state index contributed by atoms with van der Waals surface area (Å²) >= 11 is 0. The van der Waals surface area contributed by atoms with Crippen LogP contribution in [0.25, 0.3) is 0 Å². The van der Waals surface area contributed by atoms with Gasteiger partial charge in [-0.1, -0.05) is 0 Å². The van der Waals surface area contributed by atoms with Crippen molar-refractivity contribution in [3.05, 3.63) is 28.8 Å². The third-order valence-electron chi connectivity index (χ3n) is 8.68. The molecule has 1 saturated heterocycles. The Morgan fingerprint density at radius 2 is 1.73 bits per heavy atom. The normalized spacial score (nSPS) is 31.9. The van der Waals surface area contributed by atoms with Crippen LogP contribution < -0.4 is 5.73 Å². The second-order valence-electron chi connectivity index (χ2n) is 11.0. The van der Waals surface area contributed by atoms with Gasteiger partial charge in [0, 0.05) is 24.6 Å². The number of aliphatic hydroxyl groups is 1. The monoisotopic (exact) mass is 555 g/mol. The molecule has 40 heavy (non-hydrogen) atoms. The number of likely N-dealkylation sites (N-methyl/N-ethyl adjacent to an activating group) is 1. The van der Waals surface area contributed by atoms with E-state index in [1.807, 2.05) is 0 Å². The smallest absolute Gasteiger partial charge is 0.295 e. The largest absolute Gasteiger partial charge is 0.507 e. The lowest BCUT2D eigenvalue weighted by atomic mass is 9.52. The standard InChI is InChI=1S/C27H29N3O10/c1-29(2)19-14-10-11-9-13-12(20(32)26(38)30-5-7-40-8-6-30)3-4-15(31)17(13)21(33)16(11)23(35)27(14,39)24(36)18(22(19)34)25(28)37/h3-4,11,14,16,18-19,31,39H,5-10H2,1-2H3,(H2,28,37)/t11-,14-,16?,18?,19?,27-/m1/s1. The molecule has 3 fully saturated rings. The van der Waals surface area contributed by atoms with Crippen LogP contribution in [0.2, 0.25) is 0 Å². The molecule has 2 saturated carbocycles. The third-order valence-corrected chi connectivity index (χ3v) is 8.68. The van der Waals surface area contributed by atoms with Gasteiger partial charge in [0.15, 0.2) is 34.7 Å². The fourth-order valence-corrected chi connectivity index (χ4v) is 6.84. The SMILES string of the molecule is CN(C)C1C(=O)C(C(N)=O)C(=O)[C@]2(O)C(=O)C3C(=O)c4c(O)ccc(C(=O)C(=O)N5CCOCC5)c4C[C@@H]3C[C@H]12. The van der Waals surface area contributed by atoms with Gasteiger partial charge in [0.25, 0.3) is 11.7 Å². The van der Waals surface area contributed by atoms with Crippen LogP contribution in [0.5, 0.6) is 5.75 Å². The van der Waals surface area contributed by atoms with Gasteiger partial charge in [0.2, 0.25) is 5.91 Å². The van der Waals surface area contributed by atoms with Crippen molar-refractivity contribution in [1.29, 1.82) is 0 Å². The Morgan fingerprint density at radius 1 is 1.07 bits per heavy atom. The molecule has 1 aliphatic heterocycles. The molecule has 4 N–H and O–H groups in total. The number of morpholine rings is 1. The summed E-state index contributed by atoms with van der Waals surface area (Å²) < 4.78 is 5.22. The highest BCUT2D eigenvalue weighted by Gasteiger charge is 2.69. The number of phenolic OH excluding ortho intramolecular Hbond substituents is 1. The number of hydrogen-bond donors (Lipinski definition) is 3. The van der Waals surface area contributed by atoms with E-state index >= 15 is 0 Å². The number of nitrogens with zero attached hydrogens (tertiary/aromatic N) is 2. The van der Waals surface area contributed by atoms with Gasteiger partial charge < -0.3 is 25.6 Å². The van der Waals surface area contributed by atoms with Crippen molar-refractivity contribution in [3.63, 3.8) is 0 Å². The van der Waals surface area contributed by atoms with Gasteiger partial charge in [0.05, 0.1) is 30.7 Å². The Bertz CT molecular complexity index is 1380. The minimum Gasteiger partial charge on any atom is -0.507 e. The summed E-state index contributed by atoms with van der Waals surface area (Å²) in [5.74, 6) is -13.7. The molecule has 4 aliphatic rings. The number of ketones is 5. The first-order valence-corrected chi connectivity index (χ1v) is 12.9. The minimum atomic E-state index is -2.84. The first kappa shape index (κ1) is 27.7. The second-order valence-corrected chi connectivity index (χ2v) is 11.0. The average Bonchev–Trinajstić information content (AvgIpc) is 2.90. The number of fused-ring (bicyclic) bond motifs is 3. The highest BCUT2D eigenvalue weighted by Crippen LogP contribution is 2.51. The molecule has 2 amide bonds. The molecule has 1 aromatic carbocycles. The summed E-state index contributed by atoms with van der Waals surface area (Å²) in [6.07, 6.45) is -0.276. The lowest BCUT2D eigenvalue weighted by molar-refractivity contribution is -0.181. The molecule has 13 nitrogen and oxygen atoms in total. The average molecular weight is 556 g/mol. The highest BCUT2D eigenvalue weighted by molar-refractivity contribution is 6.43. The predicted molar refractivity (Wildman–Crippen MR) is 133 cm³/mol. The number of primary amides is 1. The quantitative estimate of drug-likeness (QED) is 0.209. The van der Waals surface area contributed by atoms with Crippen LogP contribution in [-0.4, -0.2) is 113 Å². The van der Waals surface area contributed by atoms with Gasteiger partial charge in [-0.05, 0) is 50.6 Å². The molecule has 212 valence electrons. The maximum absolute atomic E-state index is 13.8. The number of nitrogens with two attached hydrogens (primary N) is 1. The summed E-state index contributed by atoms with van der Waals surface area (Å²) in [4.78, 5) is 95.1. The van der Waals surface area contributed by atoms with E-state index in [1.54, 1.807) is 0 Å². The van der Waals surface area contributed by atoms with Crippen molar-refractivity contribution in [1.82, 2.24) is 9.80 Å². The van der Waals surface area contributed by atoms with Crippen molar-refractivity contribution in [2.75, 3.05) is 40.4 Å². The summed E-state index contributed by atoms with van der Waals surface area (Å²) in [6, 6.07) is 1.09. The van der Waals surface area contributed by atoms with E-state index in [-0.39, 0.29) is 55.8 Å². The number of benzene rings is 1. The van der Waals surface area contributed by atoms with E-state index in [4.69, 9.17) is 10.5 Å². The van der Waals surface area contributed by atoms with Crippen molar-refractivity contribution < 1.29 is 48.5 Å². The first-order valence-electron chi connectivity index (χ1n) is 12.9. The van der Waals surface area contributed by atoms with E-state index in [1.165, 1.54) is 30.0 Å². The lowest BCUT2D eigenvalue weighted by Crippen LogP contribution is -2.74. The van der Waals surface area contributed by atoms with Gasteiger partial charge in [0.1, 0.15) is 5.75 Å². The van der Waals surface area contributed by atoms with Gasteiger partial charge in [-0.25, -0.2) is 0 Å². The number of carbonyl (C=O) groups excluding carboxylic acids is 7. The molecule has 0 bridgehead atoms. The number of rotatable bonds is 4. The first-order chi connectivity index (χ1) is 18.8. The number of Topliss-reactive ketones (excluding diaryl/α,β-unsaturated/α-hetero) is 5. The van der Waals surface area contributed by atoms with E-state index in [0.29, 0.717) is 0 Å². The third kappa shape index (κ3) is 3.83. The molecule has 5 rings (SSSR count). The highest BCUT2D eigenvalue weighted by atomic mass is 16.5. The summed E-state index contributed by atoms with van der Waals surface area (Å²) in [6.45, 7) is 0.956. The van der Waals surface area contributed by atoms with Crippen LogP contribution in [0.4, 0.5) is 0 Å². The zero-order valence-electron chi connectivity index (χ0n) is 21.9. The Labute approximate surface area is 228 Å². The van der Waals surface area contributed by atoms with Crippen molar-refractivity contribution in [3.8, 4) is 5.75 Å². The molecule has 13 heteroatoms. The Balaban J connectivity index is 1.58. The summed E-state index contributed by atoms with van der Waals surface area (Å²) in [7, 11) is 2.97. The lowest BCUT2D eigenvalue weighted by Gasteiger charge is -2.52. The molecule has 3 aliphatic carbocycles. The number of aromatic hydroxyl groups is 1. The number of phenols is 1. The number of ether oxygens (including phenoxy) is 1. The molecule has 0 aromatic heterocycles. The zero-order chi connectivity index (χ0) is 29.3. The Kier molecular flexibility index (Phi) is 6.71. The molecular weight excluding hydrogens is 526 g/mol. The Morgan fingerprint density at radius 3 is 2.33 bits per heavy atom. The zero-order valence-corrected chi connectivity index (χ0v) is 21.9. The van der Waals surface area contributed by atoms with Crippen LogP contribution in [0.3, 0.4) is 0 Å². The van der Waals surface area contributed by atoms with Crippen molar-refractivity contribution in [2.45, 2.75) is 24.5 Å². The Hall–Kier alpha value is -3.81. The molecule has 0 spiro atoms. The molecule has 6 atom stereocenters. The molecular formula is C27H29N3O10. The van der Waals surface area contributed by atoms with Crippen LogP contribution in [0, 0.1) is 23.7 Å². The van der Waals surface area contributed by atoms with Crippen molar-refractivity contribution >= 4 is 40.7 Å². The molecule has 1 aromatic rings. The number of carbonyl (C=O) groups is 7. The van der Waals surface area contributed by atoms with E-state index in [0.717, 1.165) is 6.07 Å². The van der Waals surface area contributed by atoms with E-state index in [9.17, 15) is 43.8 Å². The predicted octanol–water partition coefficient (Wildman–Crippen LogP) is -2.09. The second kappa shape index (κ2) is 9.68.